The average Bonchev–Trinajstić information content (AvgIpc) is 2.26. The van der Waals surface area contributed by atoms with E-state index in [4.69, 9.17) is 0 Å². The minimum atomic E-state index is -3.47. The molecule has 1 aromatic carbocycles. The molecule has 0 heterocycles. The zero-order chi connectivity index (χ0) is 17.1. The highest BCUT2D eigenvalue weighted by Crippen LogP contribution is 2.26. The summed E-state index contributed by atoms with van der Waals surface area (Å²) in [5.41, 5.74) is 1.44. The Morgan fingerprint density at radius 2 is 1.43 bits per heavy atom. The lowest BCUT2D eigenvalue weighted by Crippen LogP contribution is -2.40. The van der Waals surface area contributed by atoms with E-state index in [1.54, 1.807) is 12.1 Å². The standard InChI is InChI=1S/C15H25NO2S.C2H6.H2/c1-11-8-12(14(2,3)4)10-13(9-11)19(17,18)16-15(5,6)7;1-2;/h8-10,16H,1-7H3;1-2H3;1H. The molecule has 0 atom stereocenters. The third-order valence-corrected chi connectivity index (χ3v) is 4.41. The third-order valence-electron chi connectivity index (χ3n) is 2.67. The summed E-state index contributed by atoms with van der Waals surface area (Å²) in [5, 5.41) is 0. The average molecular weight is 316 g/mol. The molecule has 4 heteroatoms. The van der Waals surface area contributed by atoms with Crippen LogP contribution in [0.3, 0.4) is 0 Å². The molecule has 0 aliphatic rings. The van der Waals surface area contributed by atoms with Gasteiger partial charge in [-0.05, 0) is 56.4 Å². The van der Waals surface area contributed by atoms with E-state index in [0.717, 1.165) is 11.1 Å². The summed E-state index contributed by atoms with van der Waals surface area (Å²) >= 11 is 0. The maximum Gasteiger partial charge on any atom is 0.241 e. The lowest BCUT2D eigenvalue weighted by Gasteiger charge is -2.23. The molecule has 0 fully saturated rings. The number of hydrogen-bond acceptors (Lipinski definition) is 2. The molecule has 0 unspecified atom stereocenters. The highest BCUT2D eigenvalue weighted by atomic mass is 32.2. The van der Waals surface area contributed by atoms with E-state index >= 15 is 0 Å². The van der Waals surface area contributed by atoms with Gasteiger partial charge < -0.3 is 0 Å². The van der Waals surface area contributed by atoms with Crippen LogP contribution in [-0.2, 0) is 15.4 Å². The van der Waals surface area contributed by atoms with Crippen LogP contribution < -0.4 is 4.72 Å². The van der Waals surface area contributed by atoms with Gasteiger partial charge in [0.2, 0.25) is 10.0 Å². The van der Waals surface area contributed by atoms with Gasteiger partial charge in [-0.25, -0.2) is 13.1 Å². The van der Waals surface area contributed by atoms with Crippen LogP contribution in [0.2, 0.25) is 0 Å². The van der Waals surface area contributed by atoms with Crippen molar-refractivity contribution in [3.05, 3.63) is 29.3 Å². The van der Waals surface area contributed by atoms with Crippen LogP contribution in [0, 0.1) is 6.92 Å². The summed E-state index contributed by atoms with van der Waals surface area (Å²) in [7, 11) is -3.47. The number of benzene rings is 1. The third kappa shape index (κ3) is 6.62. The summed E-state index contributed by atoms with van der Waals surface area (Å²) in [6.07, 6.45) is 0. The van der Waals surface area contributed by atoms with Gasteiger partial charge in [0.05, 0.1) is 4.90 Å². The molecule has 0 radical (unpaired) electrons. The van der Waals surface area contributed by atoms with E-state index in [0.29, 0.717) is 4.90 Å². The van der Waals surface area contributed by atoms with Gasteiger partial charge in [-0.2, -0.15) is 0 Å². The zero-order valence-electron chi connectivity index (χ0n) is 15.0. The maximum atomic E-state index is 12.4. The molecule has 21 heavy (non-hydrogen) atoms. The van der Waals surface area contributed by atoms with Crippen molar-refractivity contribution in [3.8, 4) is 0 Å². The van der Waals surface area contributed by atoms with Gasteiger partial charge >= 0.3 is 0 Å². The molecule has 1 rings (SSSR count). The Morgan fingerprint density at radius 3 is 1.81 bits per heavy atom. The summed E-state index contributed by atoms with van der Waals surface area (Å²) < 4.78 is 27.4. The highest BCUT2D eigenvalue weighted by Gasteiger charge is 2.24. The molecule has 0 saturated heterocycles. The van der Waals surface area contributed by atoms with Crippen molar-refractivity contribution in [2.24, 2.45) is 0 Å². The monoisotopic (exact) mass is 315 g/mol. The van der Waals surface area contributed by atoms with Gasteiger partial charge in [0.15, 0.2) is 0 Å². The first kappa shape index (κ1) is 20.1. The molecule has 124 valence electrons. The number of rotatable bonds is 2. The molecule has 3 nitrogen and oxygen atoms in total. The molecule has 0 aromatic heterocycles. The van der Waals surface area contributed by atoms with E-state index < -0.39 is 15.6 Å². The molecule has 0 amide bonds. The number of hydrogen-bond donors (Lipinski definition) is 1. The highest BCUT2D eigenvalue weighted by molar-refractivity contribution is 7.89. The summed E-state index contributed by atoms with van der Waals surface area (Å²) in [6.45, 7) is 17.7. The molecule has 0 spiro atoms. The maximum absolute atomic E-state index is 12.4. The van der Waals surface area contributed by atoms with Crippen LogP contribution in [0.1, 0.15) is 67.9 Å². The first-order valence-electron chi connectivity index (χ1n) is 7.47. The van der Waals surface area contributed by atoms with Crippen molar-refractivity contribution in [2.45, 2.75) is 78.2 Å². The Morgan fingerprint density at radius 1 is 0.952 bits per heavy atom. The van der Waals surface area contributed by atoms with E-state index in [1.807, 2.05) is 47.6 Å². The van der Waals surface area contributed by atoms with Gasteiger partial charge in [0.25, 0.3) is 0 Å². The number of aryl methyl sites for hydroxylation is 1. The van der Waals surface area contributed by atoms with Crippen LogP contribution in [0.4, 0.5) is 0 Å². The SMILES string of the molecule is CC.Cc1cc(C(C)(C)C)cc(S(=O)(=O)NC(C)(C)C)c1.[HH]. The molecule has 1 N–H and O–H groups in total. The fourth-order valence-corrected chi connectivity index (χ4v) is 3.35. The van der Waals surface area contributed by atoms with Crippen molar-refractivity contribution < 1.29 is 9.84 Å². The Bertz CT molecular complexity index is 567. The molecule has 0 saturated carbocycles. The molecule has 0 aliphatic heterocycles. The van der Waals surface area contributed by atoms with Gasteiger partial charge in [0.1, 0.15) is 0 Å². The number of nitrogens with one attached hydrogen (secondary N) is 1. The van der Waals surface area contributed by atoms with Gasteiger partial charge in [0, 0.05) is 6.97 Å². The lowest BCUT2D eigenvalue weighted by atomic mass is 9.86. The van der Waals surface area contributed by atoms with Gasteiger partial charge in [-0.1, -0.05) is 40.7 Å². The molecular weight excluding hydrogens is 282 g/mol. The van der Waals surface area contributed by atoms with Crippen LogP contribution in [0.25, 0.3) is 0 Å². The summed E-state index contributed by atoms with van der Waals surface area (Å²) in [4.78, 5) is 0.340. The molecule has 0 aliphatic carbocycles. The van der Waals surface area contributed by atoms with E-state index in [2.05, 4.69) is 25.5 Å². The van der Waals surface area contributed by atoms with Crippen molar-refractivity contribution >= 4 is 10.0 Å². The second-order valence-corrected chi connectivity index (χ2v) is 8.82. The second kappa shape index (κ2) is 6.93. The second-order valence-electron chi connectivity index (χ2n) is 7.14. The zero-order valence-corrected chi connectivity index (χ0v) is 15.8. The number of sulfonamides is 1. The van der Waals surface area contributed by atoms with Gasteiger partial charge in [-0.3, -0.25) is 0 Å². The lowest BCUT2D eigenvalue weighted by molar-refractivity contribution is 0.491. The van der Waals surface area contributed by atoms with Gasteiger partial charge in [-0.15, -0.1) is 0 Å². The largest absolute Gasteiger partial charge is 0.241 e. The van der Waals surface area contributed by atoms with Crippen molar-refractivity contribution in [1.29, 1.82) is 0 Å². The fraction of sp³-hybridized carbons (Fsp3) is 0.647. The Balaban J connectivity index is 0. The first-order chi connectivity index (χ1) is 9.31. The predicted octanol–water partition coefficient (Wildman–Crippen LogP) is 4.64. The Hall–Kier alpha value is -0.870. The van der Waals surface area contributed by atoms with Crippen LogP contribution in [0.15, 0.2) is 23.1 Å². The Labute approximate surface area is 132 Å². The Kier molecular flexibility index (Phi) is 6.64. The summed E-state index contributed by atoms with van der Waals surface area (Å²) in [6, 6.07) is 5.51. The smallest absolute Gasteiger partial charge is 0.207 e. The molecular formula is C17H33NO2S. The van der Waals surface area contributed by atoms with Crippen LogP contribution in [-0.4, -0.2) is 14.0 Å². The van der Waals surface area contributed by atoms with Crippen LogP contribution in [0.5, 0.6) is 0 Å². The first-order valence-corrected chi connectivity index (χ1v) is 8.96. The molecule has 1 aromatic rings. The van der Waals surface area contributed by atoms with E-state index in [9.17, 15) is 8.42 Å². The predicted molar refractivity (Wildman–Crippen MR) is 93.4 cm³/mol. The van der Waals surface area contributed by atoms with E-state index in [1.165, 1.54) is 0 Å². The normalized spacial score (nSPS) is 12.6. The fourth-order valence-electron chi connectivity index (χ4n) is 1.80. The van der Waals surface area contributed by atoms with Crippen molar-refractivity contribution in [1.82, 2.24) is 4.72 Å². The van der Waals surface area contributed by atoms with E-state index in [-0.39, 0.29) is 6.84 Å². The quantitative estimate of drug-likeness (QED) is 0.864. The van der Waals surface area contributed by atoms with Crippen molar-refractivity contribution in [3.63, 3.8) is 0 Å². The summed E-state index contributed by atoms with van der Waals surface area (Å²) in [5.74, 6) is 0. The molecule has 0 bridgehead atoms. The van der Waals surface area contributed by atoms with Crippen molar-refractivity contribution in [2.75, 3.05) is 0 Å². The minimum Gasteiger partial charge on any atom is -0.207 e. The van der Waals surface area contributed by atoms with Crippen LogP contribution >= 0.6 is 0 Å². The minimum absolute atomic E-state index is 0. The topological polar surface area (TPSA) is 46.2 Å².